The van der Waals surface area contributed by atoms with Crippen LogP contribution in [0.2, 0.25) is 0 Å². The quantitative estimate of drug-likeness (QED) is 0.698. The van der Waals surface area contributed by atoms with E-state index in [-0.39, 0.29) is 17.1 Å². The maximum atomic E-state index is 12.6. The monoisotopic (exact) mass is 341 g/mol. The van der Waals surface area contributed by atoms with Crippen molar-refractivity contribution in [2.24, 2.45) is 5.92 Å². The molecule has 7 heteroatoms. The highest BCUT2D eigenvalue weighted by Crippen LogP contribution is 2.27. The first kappa shape index (κ1) is 16.4. The first-order valence-corrected chi connectivity index (χ1v) is 8.66. The number of rotatable bonds is 6. The van der Waals surface area contributed by atoms with Gasteiger partial charge in [-0.2, -0.15) is 0 Å². The number of carbonyl (C=O) groups excluding carboxylic acids is 1. The van der Waals surface area contributed by atoms with E-state index in [1.54, 1.807) is 12.4 Å². The van der Waals surface area contributed by atoms with Crippen molar-refractivity contribution in [2.45, 2.75) is 30.8 Å². The molecule has 0 saturated carbocycles. The van der Waals surface area contributed by atoms with E-state index >= 15 is 0 Å². The van der Waals surface area contributed by atoms with Gasteiger partial charge < -0.3 is 5.32 Å². The van der Waals surface area contributed by atoms with Crippen molar-refractivity contribution in [3.63, 3.8) is 0 Å². The van der Waals surface area contributed by atoms with Crippen LogP contribution in [0.15, 0.2) is 54.1 Å². The van der Waals surface area contributed by atoms with Crippen molar-refractivity contribution in [2.75, 3.05) is 0 Å². The highest BCUT2D eigenvalue weighted by atomic mass is 32.2. The number of nitrogens with zero attached hydrogens (tertiary/aromatic N) is 4. The maximum Gasteiger partial charge on any atom is 0.234 e. The summed E-state index contributed by atoms with van der Waals surface area (Å²) in [5.74, 6) is 0.159. The number of hydrogen-bond donors (Lipinski definition) is 1. The van der Waals surface area contributed by atoms with Crippen LogP contribution >= 0.6 is 11.8 Å². The molecule has 0 aromatic carbocycles. The molecule has 3 aromatic heterocycles. The molecular weight excluding hydrogens is 322 g/mol. The Morgan fingerprint density at radius 2 is 2.12 bits per heavy atom. The van der Waals surface area contributed by atoms with Gasteiger partial charge in [0.25, 0.3) is 0 Å². The van der Waals surface area contributed by atoms with Gasteiger partial charge in [0.15, 0.2) is 10.8 Å². The van der Waals surface area contributed by atoms with Gasteiger partial charge in [-0.1, -0.05) is 37.7 Å². The molecular formula is C17H19N5OS. The van der Waals surface area contributed by atoms with Gasteiger partial charge in [-0.3, -0.25) is 14.2 Å². The average molecular weight is 341 g/mol. The van der Waals surface area contributed by atoms with Gasteiger partial charge >= 0.3 is 0 Å². The van der Waals surface area contributed by atoms with Gasteiger partial charge in [-0.05, 0) is 29.7 Å². The largest absolute Gasteiger partial charge is 0.351 e. The van der Waals surface area contributed by atoms with E-state index in [2.05, 4.69) is 20.5 Å². The first-order chi connectivity index (χ1) is 11.6. The van der Waals surface area contributed by atoms with Crippen LogP contribution in [-0.4, -0.2) is 30.7 Å². The summed E-state index contributed by atoms with van der Waals surface area (Å²) >= 11 is 1.44. The zero-order valence-corrected chi connectivity index (χ0v) is 14.4. The Bertz CT molecular complexity index is 818. The van der Waals surface area contributed by atoms with E-state index in [4.69, 9.17) is 0 Å². The Hall–Kier alpha value is -2.41. The molecule has 6 nitrogen and oxygen atoms in total. The van der Waals surface area contributed by atoms with E-state index in [1.807, 2.05) is 54.8 Å². The number of fused-ring (bicyclic) bond motifs is 1. The van der Waals surface area contributed by atoms with Crippen molar-refractivity contribution in [3.05, 3.63) is 54.5 Å². The number of pyridine rings is 2. The van der Waals surface area contributed by atoms with E-state index in [0.717, 1.165) is 16.4 Å². The first-order valence-electron chi connectivity index (χ1n) is 7.78. The smallest absolute Gasteiger partial charge is 0.234 e. The summed E-state index contributed by atoms with van der Waals surface area (Å²) in [6, 6.07) is 9.53. The van der Waals surface area contributed by atoms with Crippen molar-refractivity contribution < 1.29 is 4.79 Å². The number of nitrogens with one attached hydrogen (secondary N) is 1. The third kappa shape index (κ3) is 3.73. The molecule has 0 aliphatic carbocycles. The third-order valence-electron chi connectivity index (χ3n) is 3.57. The number of aromatic nitrogens is 4. The lowest BCUT2D eigenvalue weighted by Gasteiger charge is -2.18. The number of hydrogen-bond acceptors (Lipinski definition) is 5. The summed E-state index contributed by atoms with van der Waals surface area (Å²) < 4.78 is 1.90. The van der Waals surface area contributed by atoms with Crippen LogP contribution in [0.25, 0.3) is 5.65 Å². The molecule has 1 atom stereocenters. The molecule has 3 rings (SSSR count). The van der Waals surface area contributed by atoms with E-state index < -0.39 is 0 Å². The molecule has 0 radical (unpaired) electrons. The second-order valence-electron chi connectivity index (χ2n) is 5.77. The lowest BCUT2D eigenvalue weighted by atomic mass is 10.1. The molecule has 1 unspecified atom stereocenters. The summed E-state index contributed by atoms with van der Waals surface area (Å²) in [5, 5.41) is 11.8. The Morgan fingerprint density at radius 3 is 2.88 bits per heavy atom. The highest BCUT2D eigenvalue weighted by Gasteiger charge is 2.25. The van der Waals surface area contributed by atoms with Crippen molar-refractivity contribution >= 4 is 23.3 Å². The molecule has 0 aliphatic heterocycles. The zero-order chi connectivity index (χ0) is 16.9. The van der Waals surface area contributed by atoms with Crippen LogP contribution in [0.1, 0.15) is 19.4 Å². The van der Waals surface area contributed by atoms with Gasteiger partial charge in [0.1, 0.15) is 0 Å². The van der Waals surface area contributed by atoms with Crippen molar-refractivity contribution in [1.82, 2.24) is 24.9 Å². The van der Waals surface area contributed by atoms with Gasteiger partial charge in [0.05, 0.1) is 5.25 Å². The molecule has 0 spiro atoms. The third-order valence-corrected chi connectivity index (χ3v) is 5.07. The highest BCUT2D eigenvalue weighted by molar-refractivity contribution is 8.00. The minimum atomic E-state index is -0.241. The van der Waals surface area contributed by atoms with E-state index in [9.17, 15) is 4.79 Å². The fourth-order valence-electron chi connectivity index (χ4n) is 2.30. The molecule has 0 bridgehead atoms. The molecule has 3 heterocycles. The summed E-state index contributed by atoms with van der Waals surface area (Å²) in [6.07, 6.45) is 5.38. The summed E-state index contributed by atoms with van der Waals surface area (Å²) in [6.45, 7) is 4.53. The molecule has 0 aliphatic rings. The number of carbonyl (C=O) groups is 1. The van der Waals surface area contributed by atoms with E-state index in [0.29, 0.717) is 6.54 Å². The molecule has 24 heavy (non-hydrogen) atoms. The fraction of sp³-hybridized carbons (Fsp3) is 0.294. The lowest BCUT2D eigenvalue weighted by molar-refractivity contribution is -0.121. The van der Waals surface area contributed by atoms with Crippen LogP contribution in [-0.2, 0) is 11.3 Å². The summed E-state index contributed by atoms with van der Waals surface area (Å²) in [7, 11) is 0. The molecule has 0 saturated heterocycles. The SMILES string of the molecule is CC(C)C(Sc1nnc2ccccn12)C(=O)NCc1cccnc1. The van der Waals surface area contributed by atoms with Crippen LogP contribution in [0.5, 0.6) is 0 Å². The average Bonchev–Trinajstić information content (AvgIpc) is 3.01. The van der Waals surface area contributed by atoms with Gasteiger partial charge in [-0.15, -0.1) is 10.2 Å². The Kier molecular flexibility index (Phi) is 5.10. The van der Waals surface area contributed by atoms with Crippen LogP contribution in [0.3, 0.4) is 0 Å². The van der Waals surface area contributed by atoms with Gasteiger partial charge in [0, 0.05) is 25.1 Å². The van der Waals surface area contributed by atoms with Crippen LogP contribution in [0.4, 0.5) is 0 Å². The van der Waals surface area contributed by atoms with Crippen LogP contribution < -0.4 is 5.32 Å². The predicted octanol–water partition coefficient (Wildman–Crippen LogP) is 2.56. The predicted molar refractivity (Wildman–Crippen MR) is 93.6 cm³/mol. The summed E-state index contributed by atoms with van der Waals surface area (Å²) in [5.41, 5.74) is 1.75. The Morgan fingerprint density at radius 1 is 1.25 bits per heavy atom. The second-order valence-corrected chi connectivity index (χ2v) is 6.88. The molecule has 3 aromatic rings. The van der Waals surface area contributed by atoms with E-state index in [1.165, 1.54) is 11.8 Å². The normalized spacial score (nSPS) is 12.5. The van der Waals surface area contributed by atoms with Gasteiger partial charge in [-0.25, -0.2) is 0 Å². The minimum absolute atomic E-state index is 0.00784. The topological polar surface area (TPSA) is 72.2 Å². The fourth-order valence-corrected chi connectivity index (χ4v) is 3.34. The van der Waals surface area contributed by atoms with Crippen molar-refractivity contribution in [3.8, 4) is 0 Å². The lowest BCUT2D eigenvalue weighted by Crippen LogP contribution is -2.35. The molecule has 1 N–H and O–H groups in total. The number of amides is 1. The van der Waals surface area contributed by atoms with Crippen molar-refractivity contribution in [1.29, 1.82) is 0 Å². The molecule has 124 valence electrons. The molecule has 1 amide bonds. The molecule has 0 fully saturated rings. The standard InChI is InChI=1S/C17H19N5OS/c1-12(2)15(16(23)19-11-13-6-5-8-18-10-13)24-17-21-20-14-7-3-4-9-22(14)17/h3-10,12,15H,11H2,1-2H3,(H,19,23). The Labute approximate surface area is 144 Å². The zero-order valence-electron chi connectivity index (χ0n) is 13.6. The second kappa shape index (κ2) is 7.44. The maximum absolute atomic E-state index is 12.6. The Balaban J connectivity index is 1.71. The number of thioether (sulfide) groups is 1. The summed E-state index contributed by atoms with van der Waals surface area (Å²) in [4.78, 5) is 16.7. The minimum Gasteiger partial charge on any atom is -0.351 e. The van der Waals surface area contributed by atoms with Gasteiger partial charge in [0.2, 0.25) is 5.91 Å². The van der Waals surface area contributed by atoms with Crippen LogP contribution in [0, 0.1) is 5.92 Å².